The van der Waals surface area contributed by atoms with Gasteiger partial charge in [0.2, 0.25) is 0 Å². The van der Waals surface area contributed by atoms with Crippen LogP contribution in [0, 0.1) is 0 Å². The predicted molar refractivity (Wildman–Crippen MR) is 67.3 cm³/mol. The number of halogens is 2. The second-order valence-corrected chi connectivity index (χ2v) is 3.91. The molecule has 0 aliphatic rings. The van der Waals surface area contributed by atoms with Gasteiger partial charge >= 0.3 is 0 Å². The summed E-state index contributed by atoms with van der Waals surface area (Å²) in [6, 6.07) is 7.84. The van der Waals surface area contributed by atoms with Gasteiger partial charge in [-0.1, -0.05) is 12.1 Å². The Bertz CT molecular complexity index is 252. The molecule has 0 bridgehead atoms. The van der Waals surface area contributed by atoms with Gasteiger partial charge in [-0.25, -0.2) is 0 Å². The van der Waals surface area contributed by atoms with Gasteiger partial charge in [-0.15, -0.1) is 24.8 Å². The molecule has 14 heavy (non-hydrogen) atoms. The lowest BCUT2D eigenvalue weighted by Crippen LogP contribution is -2.34. The number of nitrogen functional groups attached to an aromatic ring is 1. The summed E-state index contributed by atoms with van der Waals surface area (Å²) in [6.07, 6.45) is 0.882. The van der Waals surface area contributed by atoms with Crippen molar-refractivity contribution in [1.29, 1.82) is 0 Å². The van der Waals surface area contributed by atoms with Crippen molar-refractivity contribution in [2.45, 2.75) is 25.8 Å². The van der Waals surface area contributed by atoms with Crippen molar-refractivity contribution in [3.05, 3.63) is 29.8 Å². The molecule has 1 rings (SSSR count). The lowest BCUT2D eigenvalue weighted by atomic mass is 9.96. The number of rotatable bonds is 2. The van der Waals surface area contributed by atoms with Crippen LogP contribution in [0.1, 0.15) is 19.4 Å². The van der Waals surface area contributed by atoms with Gasteiger partial charge in [0.25, 0.3) is 0 Å². The highest BCUT2D eigenvalue weighted by molar-refractivity contribution is 5.85. The fourth-order valence-corrected chi connectivity index (χ4v) is 1.16. The number of hydrogen-bond donors (Lipinski definition) is 2. The van der Waals surface area contributed by atoms with Crippen LogP contribution in [0.4, 0.5) is 5.69 Å². The van der Waals surface area contributed by atoms with Gasteiger partial charge in [0.15, 0.2) is 0 Å². The number of nitrogens with two attached hydrogens (primary N) is 2. The molecule has 4 heteroatoms. The minimum absolute atomic E-state index is 0. The molecule has 0 aromatic heterocycles. The third-order valence-electron chi connectivity index (χ3n) is 1.64. The van der Waals surface area contributed by atoms with Crippen LogP contribution in [0.2, 0.25) is 0 Å². The Balaban J connectivity index is 0. The fraction of sp³-hybridized carbons (Fsp3) is 0.400. The van der Waals surface area contributed by atoms with Gasteiger partial charge in [-0.3, -0.25) is 0 Å². The van der Waals surface area contributed by atoms with Crippen LogP contribution >= 0.6 is 24.8 Å². The van der Waals surface area contributed by atoms with E-state index in [1.165, 1.54) is 5.56 Å². The van der Waals surface area contributed by atoms with Crippen molar-refractivity contribution < 1.29 is 0 Å². The number of anilines is 1. The molecule has 0 saturated carbocycles. The maximum absolute atomic E-state index is 5.87. The van der Waals surface area contributed by atoms with Gasteiger partial charge in [-0.05, 0) is 38.0 Å². The first-order valence-corrected chi connectivity index (χ1v) is 4.11. The van der Waals surface area contributed by atoms with E-state index in [1.54, 1.807) is 0 Å². The third-order valence-corrected chi connectivity index (χ3v) is 1.64. The smallest absolute Gasteiger partial charge is 0.0314 e. The summed E-state index contributed by atoms with van der Waals surface area (Å²) in [4.78, 5) is 0. The van der Waals surface area contributed by atoms with Crippen molar-refractivity contribution in [1.82, 2.24) is 0 Å². The maximum atomic E-state index is 5.87. The first-order chi connectivity index (χ1) is 5.47. The van der Waals surface area contributed by atoms with Gasteiger partial charge < -0.3 is 11.5 Å². The van der Waals surface area contributed by atoms with Crippen LogP contribution in [-0.2, 0) is 6.42 Å². The van der Waals surface area contributed by atoms with E-state index >= 15 is 0 Å². The molecular formula is C10H18Cl2N2. The van der Waals surface area contributed by atoms with Gasteiger partial charge in [-0.2, -0.15) is 0 Å². The highest BCUT2D eigenvalue weighted by atomic mass is 35.5. The standard InChI is InChI=1S/C10H16N2.2ClH/c1-10(2,12)7-8-3-5-9(11)6-4-8;;/h3-6H,7,11-12H2,1-2H3;2*1H. The Morgan fingerprint density at radius 2 is 1.50 bits per heavy atom. The second kappa shape index (κ2) is 6.12. The average molecular weight is 237 g/mol. The maximum Gasteiger partial charge on any atom is 0.0314 e. The van der Waals surface area contributed by atoms with Crippen molar-refractivity contribution in [2.75, 3.05) is 5.73 Å². The van der Waals surface area contributed by atoms with E-state index < -0.39 is 0 Å². The molecule has 1 aromatic rings. The van der Waals surface area contributed by atoms with Crippen LogP contribution in [-0.4, -0.2) is 5.54 Å². The molecule has 0 spiro atoms. The van der Waals surface area contributed by atoms with Gasteiger partial charge in [0, 0.05) is 11.2 Å². The summed E-state index contributed by atoms with van der Waals surface area (Å²) in [5, 5.41) is 0. The van der Waals surface area contributed by atoms with Crippen molar-refractivity contribution >= 4 is 30.5 Å². The molecule has 1 aromatic carbocycles. The monoisotopic (exact) mass is 236 g/mol. The minimum atomic E-state index is -0.143. The van der Waals surface area contributed by atoms with Gasteiger partial charge in [0.05, 0.1) is 0 Å². The molecule has 2 nitrogen and oxygen atoms in total. The van der Waals surface area contributed by atoms with E-state index in [-0.39, 0.29) is 30.4 Å². The summed E-state index contributed by atoms with van der Waals surface area (Å²) >= 11 is 0. The average Bonchev–Trinajstić information content (AvgIpc) is 1.91. The quantitative estimate of drug-likeness (QED) is 0.776. The molecular weight excluding hydrogens is 219 g/mol. The largest absolute Gasteiger partial charge is 0.399 e. The summed E-state index contributed by atoms with van der Waals surface area (Å²) < 4.78 is 0. The highest BCUT2D eigenvalue weighted by Gasteiger charge is 2.10. The van der Waals surface area contributed by atoms with Crippen LogP contribution in [0.3, 0.4) is 0 Å². The van der Waals surface area contributed by atoms with Crippen LogP contribution in [0.5, 0.6) is 0 Å². The molecule has 0 aliphatic carbocycles. The Hall–Kier alpha value is -0.440. The minimum Gasteiger partial charge on any atom is -0.399 e. The topological polar surface area (TPSA) is 52.0 Å². The normalized spacial score (nSPS) is 9.93. The zero-order valence-electron chi connectivity index (χ0n) is 8.49. The molecule has 0 heterocycles. The molecule has 0 atom stereocenters. The molecule has 4 N–H and O–H groups in total. The third kappa shape index (κ3) is 6.08. The van der Waals surface area contributed by atoms with E-state index in [2.05, 4.69) is 0 Å². The van der Waals surface area contributed by atoms with Crippen LogP contribution in [0.25, 0.3) is 0 Å². The Kier molecular flexibility index (Phi) is 7.00. The highest BCUT2D eigenvalue weighted by Crippen LogP contribution is 2.11. The van der Waals surface area contributed by atoms with E-state index in [0.717, 1.165) is 12.1 Å². The zero-order chi connectivity index (χ0) is 9.19. The number of hydrogen-bond acceptors (Lipinski definition) is 2. The van der Waals surface area contributed by atoms with E-state index in [9.17, 15) is 0 Å². The van der Waals surface area contributed by atoms with Gasteiger partial charge in [0.1, 0.15) is 0 Å². The first-order valence-electron chi connectivity index (χ1n) is 4.11. The molecule has 0 fully saturated rings. The van der Waals surface area contributed by atoms with E-state index in [4.69, 9.17) is 11.5 Å². The summed E-state index contributed by atoms with van der Waals surface area (Å²) in [5.41, 5.74) is 13.3. The van der Waals surface area contributed by atoms with Crippen molar-refractivity contribution in [2.24, 2.45) is 5.73 Å². The lowest BCUT2D eigenvalue weighted by molar-refractivity contribution is 0.517. The molecule has 0 amide bonds. The predicted octanol–water partition coefficient (Wildman–Crippen LogP) is 2.39. The SMILES string of the molecule is CC(C)(N)Cc1ccc(N)cc1.Cl.Cl. The van der Waals surface area contributed by atoms with Crippen molar-refractivity contribution in [3.63, 3.8) is 0 Å². The Labute approximate surface area is 97.9 Å². The molecule has 0 radical (unpaired) electrons. The zero-order valence-corrected chi connectivity index (χ0v) is 10.1. The van der Waals surface area contributed by atoms with Crippen LogP contribution < -0.4 is 11.5 Å². The summed E-state index contributed by atoms with van der Waals surface area (Å²) in [5.74, 6) is 0. The number of benzene rings is 1. The summed E-state index contributed by atoms with van der Waals surface area (Å²) in [7, 11) is 0. The summed E-state index contributed by atoms with van der Waals surface area (Å²) in [6.45, 7) is 4.03. The molecule has 82 valence electrons. The van der Waals surface area contributed by atoms with Crippen LogP contribution in [0.15, 0.2) is 24.3 Å². The molecule has 0 saturated heterocycles. The van der Waals surface area contributed by atoms with E-state index in [0.29, 0.717) is 0 Å². The molecule has 0 unspecified atom stereocenters. The second-order valence-electron chi connectivity index (χ2n) is 3.91. The lowest BCUT2D eigenvalue weighted by Gasteiger charge is -2.18. The van der Waals surface area contributed by atoms with E-state index in [1.807, 2.05) is 38.1 Å². The Morgan fingerprint density at radius 3 is 1.86 bits per heavy atom. The van der Waals surface area contributed by atoms with Crippen molar-refractivity contribution in [3.8, 4) is 0 Å². The first kappa shape index (κ1) is 16.0. The molecule has 0 aliphatic heterocycles. The fourth-order valence-electron chi connectivity index (χ4n) is 1.16. The Morgan fingerprint density at radius 1 is 1.07 bits per heavy atom.